The molecule has 1 aliphatic heterocycles. The van der Waals surface area contributed by atoms with Gasteiger partial charge in [0, 0.05) is 18.0 Å². The molecule has 0 spiro atoms. The summed E-state index contributed by atoms with van der Waals surface area (Å²) in [6.07, 6.45) is 5.42. The summed E-state index contributed by atoms with van der Waals surface area (Å²) in [5, 5.41) is 13.8. The first-order valence-electron chi connectivity index (χ1n) is 9.70. The molecule has 0 saturated heterocycles. The molecule has 1 N–H and O–H groups in total. The van der Waals surface area contributed by atoms with Crippen LogP contribution in [-0.4, -0.2) is 43.5 Å². The smallest absolute Gasteiger partial charge is 0.387 e. The number of hydrogen-bond acceptors (Lipinski definition) is 6. The maximum absolute atomic E-state index is 13.2. The number of rotatable bonds is 6. The van der Waals surface area contributed by atoms with E-state index in [4.69, 9.17) is 0 Å². The van der Waals surface area contributed by atoms with Crippen LogP contribution in [0.5, 0.6) is 5.75 Å². The van der Waals surface area contributed by atoms with E-state index < -0.39 is 12.7 Å². The molecule has 2 unspecified atom stereocenters. The van der Waals surface area contributed by atoms with Crippen molar-refractivity contribution in [3.8, 4) is 17.0 Å². The van der Waals surface area contributed by atoms with E-state index in [1.165, 1.54) is 18.5 Å². The van der Waals surface area contributed by atoms with E-state index in [0.717, 1.165) is 5.56 Å². The quantitative estimate of drug-likeness (QED) is 0.646. The van der Waals surface area contributed by atoms with Gasteiger partial charge >= 0.3 is 6.61 Å². The third kappa shape index (κ3) is 3.98. The molecule has 4 rings (SSSR count). The Morgan fingerprint density at radius 1 is 1.26 bits per heavy atom. The third-order valence-electron chi connectivity index (χ3n) is 5.04. The molecule has 31 heavy (non-hydrogen) atoms. The van der Waals surface area contributed by atoms with E-state index in [-0.39, 0.29) is 17.7 Å². The predicted octanol–water partition coefficient (Wildman–Crippen LogP) is 3.35. The highest BCUT2D eigenvalue weighted by atomic mass is 19.3. The molecule has 0 aliphatic carbocycles. The highest BCUT2D eigenvalue weighted by molar-refractivity contribution is 6.11. The fourth-order valence-corrected chi connectivity index (χ4v) is 3.76. The Bertz CT molecular complexity index is 1130. The number of aliphatic hydroxyl groups is 1. The summed E-state index contributed by atoms with van der Waals surface area (Å²) in [4.78, 5) is 23.4. The van der Waals surface area contributed by atoms with E-state index >= 15 is 0 Å². The third-order valence-corrected chi connectivity index (χ3v) is 5.04. The number of hydrogen-bond donors (Lipinski definition) is 1. The van der Waals surface area contributed by atoms with Gasteiger partial charge in [-0.25, -0.2) is 4.98 Å². The van der Waals surface area contributed by atoms with Crippen LogP contribution in [0.15, 0.2) is 36.9 Å². The van der Waals surface area contributed by atoms with Crippen molar-refractivity contribution in [3.05, 3.63) is 53.7 Å². The molecule has 1 aliphatic rings. The number of aliphatic hydroxyl groups excluding tert-OH is 1. The van der Waals surface area contributed by atoms with Crippen molar-refractivity contribution in [1.82, 2.24) is 19.7 Å². The lowest BCUT2D eigenvalue weighted by molar-refractivity contribution is -0.0500. The number of anilines is 1. The van der Waals surface area contributed by atoms with E-state index in [1.807, 2.05) is 13.8 Å². The van der Waals surface area contributed by atoms with Crippen molar-refractivity contribution >= 4 is 11.6 Å². The number of carbonyl (C=O) groups is 1. The maximum Gasteiger partial charge on any atom is 0.387 e. The first-order valence-corrected chi connectivity index (χ1v) is 9.70. The zero-order valence-electron chi connectivity index (χ0n) is 17.2. The lowest BCUT2D eigenvalue weighted by Gasteiger charge is -2.19. The molecule has 0 saturated carbocycles. The number of ether oxygens (including phenoxy) is 1. The second-order valence-corrected chi connectivity index (χ2v) is 7.49. The molecular weight excluding hydrogens is 408 g/mol. The van der Waals surface area contributed by atoms with Crippen LogP contribution < -0.4 is 9.64 Å². The number of alkyl halides is 2. The normalized spacial score (nSPS) is 16.7. The van der Waals surface area contributed by atoms with Gasteiger partial charge in [0.1, 0.15) is 5.75 Å². The van der Waals surface area contributed by atoms with E-state index in [2.05, 4.69) is 19.8 Å². The lowest BCUT2D eigenvalue weighted by atomic mass is 10.0. The van der Waals surface area contributed by atoms with Gasteiger partial charge in [-0.1, -0.05) is 0 Å². The average molecular weight is 429 g/mol. The minimum atomic E-state index is -2.95. The fourth-order valence-electron chi connectivity index (χ4n) is 3.76. The molecule has 8 nitrogen and oxygen atoms in total. The summed E-state index contributed by atoms with van der Waals surface area (Å²) in [6, 6.07) is 2.80. The standard InChI is InChI=1S/C21H21F2N5O3/c1-11-4-17(14-5-16(8-24-6-14)31-21(22)23)26-19-13(3)28(20(30)18(11)19)15-7-25-27(10-15)9-12(2)29/h4-8,10,12-13,21,29H,9H2,1-3H3. The van der Waals surface area contributed by atoms with Crippen LogP contribution in [-0.2, 0) is 6.54 Å². The summed E-state index contributed by atoms with van der Waals surface area (Å²) >= 11 is 0. The van der Waals surface area contributed by atoms with Crippen LogP contribution in [0, 0.1) is 6.92 Å². The number of pyridine rings is 2. The van der Waals surface area contributed by atoms with Crippen LogP contribution in [0.3, 0.4) is 0 Å². The second-order valence-electron chi connectivity index (χ2n) is 7.49. The van der Waals surface area contributed by atoms with E-state index in [9.17, 15) is 18.7 Å². The van der Waals surface area contributed by atoms with Crippen molar-refractivity contribution in [3.63, 3.8) is 0 Å². The van der Waals surface area contributed by atoms with Crippen molar-refractivity contribution in [2.24, 2.45) is 0 Å². The van der Waals surface area contributed by atoms with Crippen LogP contribution in [0.25, 0.3) is 11.3 Å². The van der Waals surface area contributed by atoms with Gasteiger partial charge in [0.25, 0.3) is 5.91 Å². The Hall–Kier alpha value is -3.40. The summed E-state index contributed by atoms with van der Waals surface area (Å²) in [6.45, 7) is 2.69. The number of carbonyl (C=O) groups excluding carboxylic acids is 1. The first kappa shape index (κ1) is 20.9. The van der Waals surface area contributed by atoms with Crippen LogP contribution >= 0.6 is 0 Å². The Labute approximate surface area is 177 Å². The average Bonchev–Trinajstić information content (AvgIpc) is 3.23. The van der Waals surface area contributed by atoms with E-state index in [1.54, 1.807) is 35.0 Å². The summed E-state index contributed by atoms with van der Waals surface area (Å²) < 4.78 is 31.1. The number of aryl methyl sites for hydroxylation is 1. The van der Waals surface area contributed by atoms with E-state index in [0.29, 0.717) is 34.7 Å². The molecule has 4 heterocycles. The molecule has 3 aromatic rings. The van der Waals surface area contributed by atoms with Crippen molar-refractivity contribution < 1.29 is 23.4 Å². The largest absolute Gasteiger partial charge is 0.433 e. The topological polar surface area (TPSA) is 93.4 Å². The highest BCUT2D eigenvalue weighted by Gasteiger charge is 2.38. The minimum Gasteiger partial charge on any atom is -0.433 e. The monoisotopic (exact) mass is 429 g/mol. The summed E-state index contributed by atoms with van der Waals surface area (Å²) in [5.74, 6) is -0.257. The second kappa shape index (κ2) is 8.03. The first-order chi connectivity index (χ1) is 14.7. The molecule has 3 aromatic heterocycles. The minimum absolute atomic E-state index is 0.0660. The Kier molecular flexibility index (Phi) is 5.40. The zero-order chi connectivity index (χ0) is 22.3. The van der Waals surface area contributed by atoms with Crippen LogP contribution in [0.2, 0.25) is 0 Å². The number of nitrogens with zero attached hydrogens (tertiary/aromatic N) is 5. The zero-order valence-corrected chi connectivity index (χ0v) is 17.2. The fraction of sp³-hybridized carbons (Fsp3) is 0.333. The Balaban J connectivity index is 1.69. The molecule has 10 heteroatoms. The van der Waals surface area contributed by atoms with Crippen molar-refractivity contribution in [2.75, 3.05) is 4.90 Å². The highest BCUT2D eigenvalue weighted by Crippen LogP contribution is 2.39. The van der Waals surface area contributed by atoms with Crippen LogP contribution in [0.1, 0.15) is 41.5 Å². The SMILES string of the molecule is Cc1cc(-c2cncc(OC(F)F)c2)nc2c1C(=O)N(c1cnn(CC(C)O)c1)C2C. The number of aromatic nitrogens is 4. The molecule has 0 bridgehead atoms. The lowest BCUT2D eigenvalue weighted by Crippen LogP contribution is -2.26. The number of halogens is 2. The Morgan fingerprint density at radius 3 is 2.74 bits per heavy atom. The van der Waals surface area contributed by atoms with Crippen LogP contribution in [0.4, 0.5) is 14.5 Å². The van der Waals surface area contributed by atoms with Gasteiger partial charge in [0.05, 0.1) is 53.7 Å². The molecule has 0 aromatic carbocycles. The van der Waals surface area contributed by atoms with Gasteiger partial charge in [-0.05, 0) is 38.5 Å². The van der Waals surface area contributed by atoms with Gasteiger partial charge in [0.15, 0.2) is 0 Å². The van der Waals surface area contributed by atoms with Gasteiger partial charge in [-0.3, -0.25) is 19.4 Å². The molecule has 162 valence electrons. The Morgan fingerprint density at radius 2 is 2.03 bits per heavy atom. The predicted molar refractivity (Wildman–Crippen MR) is 108 cm³/mol. The van der Waals surface area contributed by atoms with Gasteiger partial charge < -0.3 is 9.84 Å². The summed E-state index contributed by atoms with van der Waals surface area (Å²) in [5.41, 5.74) is 3.43. The number of amides is 1. The molecule has 1 amide bonds. The van der Waals surface area contributed by atoms with Crippen molar-refractivity contribution in [2.45, 2.75) is 46.1 Å². The van der Waals surface area contributed by atoms with Gasteiger partial charge in [-0.2, -0.15) is 13.9 Å². The van der Waals surface area contributed by atoms with Crippen molar-refractivity contribution in [1.29, 1.82) is 0 Å². The molecule has 2 atom stereocenters. The number of fused-ring (bicyclic) bond motifs is 1. The van der Waals surface area contributed by atoms with Gasteiger partial charge in [-0.15, -0.1) is 0 Å². The molecule has 0 fully saturated rings. The van der Waals surface area contributed by atoms with Gasteiger partial charge in [0.2, 0.25) is 0 Å². The maximum atomic E-state index is 13.2. The summed E-state index contributed by atoms with van der Waals surface area (Å²) in [7, 11) is 0. The molecule has 0 radical (unpaired) electrons. The molecular formula is C21H21F2N5O3.